The molecule has 0 spiro atoms. The number of hydrogen-bond acceptors (Lipinski definition) is 7. The fraction of sp³-hybridized carbons (Fsp3) is 0.480. The number of esters is 1. The predicted octanol–water partition coefficient (Wildman–Crippen LogP) is 4.62. The lowest BCUT2D eigenvalue weighted by Gasteiger charge is -2.22. The summed E-state index contributed by atoms with van der Waals surface area (Å²) in [5.74, 6) is -0.714. The molecule has 0 N–H and O–H groups in total. The molecule has 0 bridgehead atoms. The molecule has 3 rings (SSSR count). The maximum Gasteiger partial charge on any atom is 0.419 e. The number of sulfone groups is 1. The minimum atomic E-state index is -3.19. The van der Waals surface area contributed by atoms with Crippen molar-refractivity contribution < 1.29 is 27.5 Å². The van der Waals surface area contributed by atoms with Crippen molar-refractivity contribution in [3.63, 3.8) is 0 Å². The average Bonchev–Trinajstić information content (AvgIpc) is 3.24. The first kappa shape index (κ1) is 25.7. The lowest BCUT2D eigenvalue weighted by Crippen LogP contribution is -2.31. The Morgan fingerprint density at radius 2 is 1.76 bits per heavy atom. The molecular formula is C25H32N2O6S. The van der Waals surface area contributed by atoms with E-state index in [9.17, 15) is 18.0 Å². The Labute approximate surface area is 200 Å². The average molecular weight is 489 g/mol. The zero-order chi connectivity index (χ0) is 25.4. The summed E-state index contributed by atoms with van der Waals surface area (Å²) in [6.45, 7) is 11.4. The normalized spacial score (nSPS) is 13.6. The van der Waals surface area contributed by atoms with E-state index < -0.39 is 27.5 Å². The van der Waals surface area contributed by atoms with Crippen LogP contribution in [-0.2, 0) is 31.6 Å². The zero-order valence-corrected chi connectivity index (χ0v) is 21.6. The van der Waals surface area contributed by atoms with Gasteiger partial charge in [0.1, 0.15) is 11.3 Å². The first-order valence-corrected chi connectivity index (χ1v) is 13.3. The van der Waals surface area contributed by atoms with E-state index in [-0.39, 0.29) is 24.0 Å². The number of fused-ring (bicyclic) bond motifs is 1. The largest absolute Gasteiger partial charge is 0.461 e. The van der Waals surface area contributed by atoms with Gasteiger partial charge < -0.3 is 9.47 Å². The zero-order valence-electron chi connectivity index (χ0n) is 20.8. The summed E-state index contributed by atoms with van der Waals surface area (Å²) in [6.07, 6.45) is 0.500. The van der Waals surface area contributed by atoms with E-state index in [1.54, 1.807) is 52.0 Å². The lowest BCUT2D eigenvalue weighted by molar-refractivity contribution is 0.0449. The van der Waals surface area contributed by atoms with Crippen molar-refractivity contribution in [3.05, 3.63) is 46.8 Å². The molecule has 1 aliphatic heterocycles. The Morgan fingerprint density at radius 3 is 2.26 bits per heavy atom. The first-order valence-electron chi connectivity index (χ1n) is 11.2. The van der Waals surface area contributed by atoms with E-state index in [4.69, 9.17) is 9.47 Å². The van der Waals surface area contributed by atoms with Gasteiger partial charge in [0.25, 0.3) is 0 Å². The fourth-order valence-electron chi connectivity index (χ4n) is 4.00. The van der Waals surface area contributed by atoms with Crippen LogP contribution in [0.5, 0.6) is 0 Å². The van der Waals surface area contributed by atoms with Gasteiger partial charge in [-0.3, -0.25) is 4.99 Å². The number of carbonyl (C=O) groups excluding carboxylic acids is 2. The van der Waals surface area contributed by atoms with Gasteiger partial charge in [0.05, 0.1) is 30.3 Å². The summed E-state index contributed by atoms with van der Waals surface area (Å²) in [5.41, 5.74) is 3.17. The molecule has 0 saturated carbocycles. The highest BCUT2D eigenvalue weighted by atomic mass is 32.2. The van der Waals surface area contributed by atoms with Crippen LogP contribution >= 0.6 is 0 Å². The Hall–Kier alpha value is -2.94. The minimum Gasteiger partial charge on any atom is -0.461 e. The van der Waals surface area contributed by atoms with E-state index in [0.29, 0.717) is 34.6 Å². The lowest BCUT2D eigenvalue weighted by atomic mass is 9.97. The molecule has 1 aromatic heterocycles. The summed E-state index contributed by atoms with van der Waals surface area (Å²) in [6, 6.07) is 6.93. The Kier molecular flexibility index (Phi) is 7.07. The second kappa shape index (κ2) is 9.37. The van der Waals surface area contributed by atoms with Gasteiger partial charge in [0.15, 0.2) is 9.84 Å². The van der Waals surface area contributed by atoms with Crippen molar-refractivity contribution in [3.8, 4) is 11.1 Å². The van der Waals surface area contributed by atoms with Gasteiger partial charge in [-0.25, -0.2) is 22.6 Å². The third kappa shape index (κ3) is 5.41. The van der Waals surface area contributed by atoms with Crippen LogP contribution in [0.4, 0.5) is 4.79 Å². The van der Waals surface area contributed by atoms with Gasteiger partial charge in [0.2, 0.25) is 0 Å². The molecule has 1 aliphatic rings. The van der Waals surface area contributed by atoms with E-state index in [0.717, 1.165) is 5.56 Å². The Bertz CT molecular complexity index is 1250. The molecule has 0 fully saturated rings. The van der Waals surface area contributed by atoms with E-state index >= 15 is 0 Å². The van der Waals surface area contributed by atoms with Gasteiger partial charge in [-0.2, -0.15) is 0 Å². The molecule has 0 aliphatic carbocycles. The first-order chi connectivity index (χ1) is 15.7. The van der Waals surface area contributed by atoms with Gasteiger partial charge in [-0.1, -0.05) is 38.1 Å². The highest BCUT2D eigenvalue weighted by Gasteiger charge is 2.38. The minimum absolute atomic E-state index is 0.0115. The van der Waals surface area contributed by atoms with Crippen LogP contribution < -0.4 is 0 Å². The molecule has 0 amide bonds. The molecule has 0 saturated heterocycles. The van der Waals surface area contributed by atoms with Crippen LogP contribution in [0.15, 0.2) is 29.3 Å². The van der Waals surface area contributed by atoms with Gasteiger partial charge >= 0.3 is 12.1 Å². The summed E-state index contributed by atoms with van der Waals surface area (Å²) < 4.78 is 35.7. The number of aromatic nitrogens is 1. The third-order valence-electron chi connectivity index (χ3n) is 5.18. The highest BCUT2D eigenvalue weighted by molar-refractivity contribution is 7.89. The molecule has 2 heterocycles. The number of aliphatic imine (C=N–C) groups is 1. The maximum absolute atomic E-state index is 13.4. The number of rotatable bonds is 6. The maximum atomic E-state index is 13.4. The van der Waals surface area contributed by atoms with Crippen LogP contribution in [0.2, 0.25) is 0 Å². The number of benzene rings is 1. The molecule has 1 aromatic carbocycles. The SMILES string of the molecule is CCOC(=O)c1c(-c2ccc(CS(C)(=O)=O)cc2)c2c(n1C(=O)OC(C)(C)C)C(C(C)C)=NC2. The van der Waals surface area contributed by atoms with Crippen molar-refractivity contribution in [2.75, 3.05) is 12.9 Å². The quantitative estimate of drug-likeness (QED) is 0.550. The second-order valence-corrected chi connectivity index (χ2v) is 11.9. The van der Waals surface area contributed by atoms with E-state index in [1.165, 1.54) is 10.8 Å². The van der Waals surface area contributed by atoms with Crippen LogP contribution in [0, 0.1) is 5.92 Å². The van der Waals surface area contributed by atoms with E-state index in [2.05, 4.69) is 4.99 Å². The van der Waals surface area contributed by atoms with Crippen molar-refractivity contribution >= 4 is 27.6 Å². The van der Waals surface area contributed by atoms with Gasteiger partial charge in [0, 0.05) is 17.4 Å². The standard InChI is InChI=1S/C25H32N2O6S/c1-8-32-23(28)22-19(17-11-9-16(10-12-17)14-34(7,30)31)18-13-26-20(15(2)3)21(18)27(22)24(29)33-25(4,5)6/h9-12,15H,8,13-14H2,1-7H3. The Morgan fingerprint density at radius 1 is 1.15 bits per heavy atom. The third-order valence-corrected chi connectivity index (χ3v) is 6.04. The molecule has 0 atom stereocenters. The number of ether oxygens (including phenoxy) is 2. The van der Waals surface area contributed by atoms with Crippen LogP contribution in [0.25, 0.3) is 11.1 Å². The summed E-state index contributed by atoms with van der Waals surface area (Å²) in [7, 11) is -3.19. The number of carbonyl (C=O) groups is 2. The van der Waals surface area contributed by atoms with E-state index in [1.807, 2.05) is 13.8 Å². The molecule has 34 heavy (non-hydrogen) atoms. The molecule has 0 unspecified atom stereocenters. The highest BCUT2D eigenvalue weighted by Crippen LogP contribution is 2.39. The molecule has 9 heteroatoms. The van der Waals surface area contributed by atoms with Gasteiger partial charge in [-0.05, 0) is 44.7 Å². The monoisotopic (exact) mass is 488 g/mol. The Balaban J connectivity index is 2.28. The summed E-state index contributed by atoms with van der Waals surface area (Å²) >= 11 is 0. The van der Waals surface area contributed by atoms with Crippen LogP contribution in [0.3, 0.4) is 0 Å². The smallest absolute Gasteiger partial charge is 0.419 e. The molecule has 2 aromatic rings. The number of nitrogens with zero attached hydrogens (tertiary/aromatic N) is 2. The fourth-order valence-corrected chi connectivity index (χ4v) is 4.80. The number of hydrogen-bond donors (Lipinski definition) is 0. The molecular weight excluding hydrogens is 456 g/mol. The summed E-state index contributed by atoms with van der Waals surface area (Å²) in [4.78, 5) is 31.2. The molecule has 0 radical (unpaired) electrons. The molecule has 184 valence electrons. The van der Waals surface area contributed by atoms with Crippen molar-refractivity contribution in [2.45, 2.75) is 59.4 Å². The topological polar surface area (TPSA) is 104 Å². The van der Waals surface area contributed by atoms with Crippen LogP contribution in [0.1, 0.15) is 68.9 Å². The summed E-state index contributed by atoms with van der Waals surface area (Å²) in [5, 5.41) is 0. The van der Waals surface area contributed by atoms with Crippen molar-refractivity contribution in [2.24, 2.45) is 10.9 Å². The van der Waals surface area contributed by atoms with Crippen LogP contribution in [-0.4, -0.2) is 49.2 Å². The molecule has 8 nitrogen and oxygen atoms in total. The van der Waals surface area contributed by atoms with Crippen molar-refractivity contribution in [1.29, 1.82) is 0 Å². The second-order valence-electron chi connectivity index (χ2n) is 9.71. The van der Waals surface area contributed by atoms with Crippen molar-refractivity contribution in [1.82, 2.24) is 4.57 Å². The predicted molar refractivity (Wildman–Crippen MR) is 131 cm³/mol. The van der Waals surface area contributed by atoms with Gasteiger partial charge in [-0.15, -0.1) is 0 Å².